The smallest absolute Gasteiger partial charge is 0.0473 e. The molecule has 0 fully saturated rings. The van der Waals surface area contributed by atoms with Crippen molar-refractivity contribution in [1.29, 1.82) is 0 Å². The van der Waals surface area contributed by atoms with Crippen LogP contribution in [0.4, 0.5) is 0 Å². The van der Waals surface area contributed by atoms with Crippen LogP contribution in [0.2, 0.25) is 0 Å². The Morgan fingerprint density at radius 1 is 0.531 bits per heavy atom. The molecule has 0 saturated heterocycles. The van der Waals surface area contributed by atoms with E-state index < -0.39 is 0 Å². The topological polar surface area (TPSA) is 0 Å². The standard InChI is InChI=1S/C31H55I/c1-4-7-10-13-16-19-24-29-25-20-21-26-30(29)31(32,27-22-17-14-11-8-5-2)28-23-18-15-12-9-6-3/h20-21,25-26H,4-19,22-24,27-28H2,1-3H3. The van der Waals surface area contributed by atoms with E-state index in [0.29, 0.717) is 3.42 Å². The van der Waals surface area contributed by atoms with Gasteiger partial charge in [-0.1, -0.05) is 177 Å². The largest absolute Gasteiger partial charge is 0.0736 e. The van der Waals surface area contributed by atoms with Crippen molar-refractivity contribution in [1.82, 2.24) is 0 Å². The molecule has 1 aromatic rings. The Morgan fingerprint density at radius 3 is 1.44 bits per heavy atom. The Hall–Kier alpha value is -0.0500. The first kappa shape index (κ1) is 30.0. The van der Waals surface area contributed by atoms with Gasteiger partial charge in [-0.05, 0) is 36.8 Å². The number of aryl methyl sites for hydroxylation is 1. The molecule has 0 spiro atoms. The van der Waals surface area contributed by atoms with Crippen molar-refractivity contribution in [3.8, 4) is 0 Å². The van der Waals surface area contributed by atoms with Gasteiger partial charge in [0.05, 0.1) is 0 Å². The highest BCUT2D eigenvalue weighted by molar-refractivity contribution is 14.1. The molecule has 0 aliphatic rings. The molecular weight excluding hydrogens is 499 g/mol. The fourth-order valence-corrected chi connectivity index (χ4v) is 6.33. The van der Waals surface area contributed by atoms with E-state index in [9.17, 15) is 0 Å². The molecule has 0 unspecified atom stereocenters. The number of rotatable bonds is 22. The Morgan fingerprint density at radius 2 is 0.938 bits per heavy atom. The van der Waals surface area contributed by atoms with Gasteiger partial charge in [0.1, 0.15) is 0 Å². The van der Waals surface area contributed by atoms with E-state index in [2.05, 4.69) is 67.6 Å². The van der Waals surface area contributed by atoms with Gasteiger partial charge >= 0.3 is 0 Å². The van der Waals surface area contributed by atoms with Crippen LogP contribution in [0, 0.1) is 0 Å². The fraction of sp³-hybridized carbons (Fsp3) is 0.806. The second kappa shape index (κ2) is 20.3. The molecule has 0 nitrogen and oxygen atoms in total. The van der Waals surface area contributed by atoms with E-state index in [1.165, 1.54) is 135 Å². The van der Waals surface area contributed by atoms with Crippen LogP contribution in [0.3, 0.4) is 0 Å². The van der Waals surface area contributed by atoms with Gasteiger partial charge in [-0.25, -0.2) is 0 Å². The quantitative estimate of drug-likeness (QED) is 0.0760. The van der Waals surface area contributed by atoms with E-state index in [1.54, 1.807) is 11.1 Å². The third-order valence-corrected chi connectivity index (χ3v) is 8.81. The minimum Gasteiger partial charge on any atom is -0.0736 e. The Labute approximate surface area is 216 Å². The molecule has 1 heteroatoms. The van der Waals surface area contributed by atoms with Crippen LogP contribution in [0.1, 0.15) is 160 Å². The lowest BCUT2D eigenvalue weighted by molar-refractivity contribution is 0.468. The van der Waals surface area contributed by atoms with Crippen LogP contribution in [-0.2, 0) is 9.84 Å². The van der Waals surface area contributed by atoms with Crippen LogP contribution >= 0.6 is 22.6 Å². The molecule has 0 aliphatic heterocycles. The highest BCUT2D eigenvalue weighted by Gasteiger charge is 2.29. The van der Waals surface area contributed by atoms with Crippen molar-refractivity contribution in [3.05, 3.63) is 35.4 Å². The van der Waals surface area contributed by atoms with Gasteiger partial charge < -0.3 is 0 Å². The first-order valence-corrected chi connectivity index (χ1v) is 15.5. The summed E-state index contributed by atoms with van der Waals surface area (Å²) in [6, 6.07) is 9.50. The molecule has 0 saturated carbocycles. The van der Waals surface area contributed by atoms with Crippen LogP contribution in [-0.4, -0.2) is 0 Å². The highest BCUT2D eigenvalue weighted by atomic mass is 127. The third kappa shape index (κ3) is 13.6. The number of alkyl halides is 1. The third-order valence-electron chi connectivity index (χ3n) is 7.15. The molecule has 0 bridgehead atoms. The Bertz CT molecular complexity index is 519. The van der Waals surface area contributed by atoms with E-state index in [4.69, 9.17) is 0 Å². The van der Waals surface area contributed by atoms with Crippen molar-refractivity contribution < 1.29 is 0 Å². The molecule has 0 aromatic heterocycles. The van der Waals surface area contributed by atoms with Crippen molar-refractivity contribution in [2.45, 2.75) is 159 Å². The molecule has 0 heterocycles. The summed E-state index contributed by atoms with van der Waals surface area (Å²) in [6.45, 7) is 6.94. The van der Waals surface area contributed by atoms with Crippen LogP contribution in [0.25, 0.3) is 0 Å². The van der Waals surface area contributed by atoms with E-state index in [1.807, 2.05) is 0 Å². The first-order chi connectivity index (χ1) is 15.7. The maximum Gasteiger partial charge on any atom is 0.0473 e. The predicted molar refractivity (Wildman–Crippen MR) is 155 cm³/mol. The number of halogens is 1. The summed E-state index contributed by atoms with van der Waals surface area (Å²) in [5, 5.41) is 0. The predicted octanol–water partition coefficient (Wildman–Crippen LogP) is 11.7. The van der Waals surface area contributed by atoms with Gasteiger partial charge in [-0.3, -0.25) is 0 Å². The molecule has 32 heavy (non-hydrogen) atoms. The molecule has 0 amide bonds. The zero-order chi connectivity index (χ0) is 23.3. The van der Waals surface area contributed by atoms with Gasteiger partial charge in [0.2, 0.25) is 0 Å². The fourth-order valence-electron chi connectivity index (χ4n) is 5.04. The average Bonchev–Trinajstić information content (AvgIpc) is 2.81. The SMILES string of the molecule is CCCCCCCCc1ccccc1C(I)(CCCCCCCC)CCCCCCCC. The number of hydrogen-bond donors (Lipinski definition) is 0. The van der Waals surface area contributed by atoms with E-state index >= 15 is 0 Å². The molecule has 0 aliphatic carbocycles. The Kier molecular flexibility index (Phi) is 19.1. The van der Waals surface area contributed by atoms with Gasteiger partial charge in [0.25, 0.3) is 0 Å². The number of unbranched alkanes of at least 4 members (excludes halogenated alkanes) is 15. The summed E-state index contributed by atoms with van der Waals surface area (Å²) < 4.78 is 0.339. The molecular formula is C31H55I. The van der Waals surface area contributed by atoms with Crippen molar-refractivity contribution in [2.24, 2.45) is 0 Å². The molecule has 0 N–H and O–H groups in total. The maximum atomic E-state index is 2.88. The second-order valence-corrected chi connectivity index (χ2v) is 12.2. The van der Waals surface area contributed by atoms with E-state index in [-0.39, 0.29) is 0 Å². The van der Waals surface area contributed by atoms with Gasteiger partial charge in [0, 0.05) is 3.42 Å². The van der Waals surface area contributed by atoms with Crippen molar-refractivity contribution in [2.75, 3.05) is 0 Å². The molecule has 1 rings (SSSR count). The maximum absolute atomic E-state index is 2.88. The minimum absolute atomic E-state index is 0.339. The zero-order valence-corrected chi connectivity index (χ0v) is 24.2. The summed E-state index contributed by atoms with van der Waals surface area (Å²) >= 11 is 2.88. The molecule has 0 radical (unpaired) electrons. The summed E-state index contributed by atoms with van der Waals surface area (Å²) in [5.41, 5.74) is 3.32. The normalized spacial score (nSPS) is 11.9. The molecule has 1 aromatic carbocycles. The molecule has 0 atom stereocenters. The van der Waals surface area contributed by atoms with E-state index in [0.717, 1.165) is 0 Å². The lowest BCUT2D eigenvalue weighted by atomic mass is 9.84. The molecule has 186 valence electrons. The van der Waals surface area contributed by atoms with Crippen LogP contribution in [0.15, 0.2) is 24.3 Å². The average molecular weight is 555 g/mol. The second-order valence-electron chi connectivity index (χ2n) is 10.2. The van der Waals surface area contributed by atoms with Gasteiger partial charge in [0.15, 0.2) is 0 Å². The summed E-state index contributed by atoms with van der Waals surface area (Å²) in [7, 11) is 0. The zero-order valence-electron chi connectivity index (χ0n) is 22.0. The van der Waals surface area contributed by atoms with Crippen LogP contribution < -0.4 is 0 Å². The number of hydrogen-bond acceptors (Lipinski definition) is 0. The lowest BCUT2D eigenvalue weighted by Crippen LogP contribution is -2.20. The van der Waals surface area contributed by atoms with Gasteiger partial charge in [-0.2, -0.15) is 0 Å². The Balaban J connectivity index is 2.69. The summed E-state index contributed by atoms with van der Waals surface area (Å²) in [4.78, 5) is 0. The number of benzene rings is 1. The van der Waals surface area contributed by atoms with Crippen molar-refractivity contribution >= 4 is 22.6 Å². The van der Waals surface area contributed by atoms with Crippen LogP contribution in [0.5, 0.6) is 0 Å². The lowest BCUT2D eigenvalue weighted by Gasteiger charge is -2.31. The summed E-state index contributed by atoms with van der Waals surface area (Å²) in [5.74, 6) is 0. The van der Waals surface area contributed by atoms with Gasteiger partial charge in [-0.15, -0.1) is 0 Å². The monoisotopic (exact) mass is 554 g/mol. The first-order valence-electron chi connectivity index (χ1n) is 14.4. The minimum atomic E-state index is 0.339. The highest BCUT2D eigenvalue weighted by Crippen LogP contribution is 2.44. The van der Waals surface area contributed by atoms with Crippen molar-refractivity contribution in [3.63, 3.8) is 0 Å². The summed E-state index contributed by atoms with van der Waals surface area (Å²) in [6.07, 6.45) is 29.2.